The average Bonchev–Trinajstić information content (AvgIpc) is 3.76. The van der Waals surface area contributed by atoms with Crippen LogP contribution in [0.2, 0.25) is 0 Å². The summed E-state index contributed by atoms with van der Waals surface area (Å²) in [5.74, 6) is -4.21. The van der Waals surface area contributed by atoms with Crippen molar-refractivity contribution in [1.82, 2.24) is 34.4 Å². The molecule has 3 aromatic heterocycles. The van der Waals surface area contributed by atoms with Crippen molar-refractivity contribution in [3.63, 3.8) is 0 Å². The molecule has 2 fully saturated rings. The second kappa shape index (κ2) is 11.8. The zero-order valence-corrected chi connectivity index (χ0v) is 26.1. The largest absolute Gasteiger partial charge is 0.543 e. The standard InChI is InChI=1S/C26H29N11O7S2/c1-26(2,23(42)43)44-33-14(17-31-25(28)46-34-17)19(38)30-15-20(39)37-16(22(40)41)11(10-45-21(15)37)9-35-7-3-4-13-18(35)32-24(27)36(13)12-5-6-29-8-12/h3-4,7,12,15,21,27,29H,5-6,8-10H2,1-2H3,(H5,28,30,31,34,38,40,41,42,43)/b33-14-/t12-,15?,21?/m1/s1. The van der Waals surface area contributed by atoms with Gasteiger partial charge in [0.05, 0.1) is 23.9 Å². The van der Waals surface area contributed by atoms with Gasteiger partial charge in [-0.15, -0.1) is 11.8 Å². The molecule has 6 rings (SSSR count). The number of pyridine rings is 1. The molecule has 0 aliphatic carbocycles. The Hall–Kier alpha value is -4.82. The molecule has 46 heavy (non-hydrogen) atoms. The second-order valence-corrected chi connectivity index (χ2v) is 13.1. The van der Waals surface area contributed by atoms with E-state index in [1.165, 1.54) is 25.6 Å². The zero-order chi connectivity index (χ0) is 32.9. The van der Waals surface area contributed by atoms with Gasteiger partial charge in [0, 0.05) is 29.4 Å². The minimum atomic E-state index is -1.81. The number of hydrogen-bond acceptors (Lipinski definition) is 15. The molecule has 2 saturated heterocycles. The van der Waals surface area contributed by atoms with Crippen molar-refractivity contribution < 1.29 is 38.8 Å². The number of aromatic nitrogens is 5. The number of imidazole rings is 1. The topological polar surface area (TPSA) is 260 Å². The summed E-state index contributed by atoms with van der Waals surface area (Å²) in [6, 6.07) is 2.72. The number of β-lactam (4-membered cyclic amide) rings is 1. The lowest BCUT2D eigenvalue weighted by Crippen LogP contribution is -2.71. The highest BCUT2D eigenvalue weighted by Crippen LogP contribution is 2.40. The third kappa shape index (κ3) is 5.47. The fraction of sp³-hybridized carbons (Fsp3) is 0.423. The summed E-state index contributed by atoms with van der Waals surface area (Å²) >= 11 is 2.02. The number of amides is 2. The molecule has 0 bridgehead atoms. The number of oxime groups is 1. The highest BCUT2D eigenvalue weighted by atomic mass is 32.2. The van der Waals surface area contributed by atoms with Crippen molar-refractivity contribution in [3.05, 3.63) is 35.4 Å². The number of anilines is 2. The van der Waals surface area contributed by atoms with E-state index in [0.29, 0.717) is 17.2 Å². The Labute approximate surface area is 268 Å². The van der Waals surface area contributed by atoms with Crippen molar-refractivity contribution in [3.8, 4) is 0 Å². The van der Waals surface area contributed by atoms with Crippen LogP contribution in [0, 0.1) is 0 Å². The molecule has 20 heteroatoms. The van der Waals surface area contributed by atoms with Crippen LogP contribution in [-0.4, -0.2) is 94.2 Å². The minimum Gasteiger partial charge on any atom is -0.543 e. The van der Waals surface area contributed by atoms with Crippen LogP contribution in [-0.2, 0) is 30.6 Å². The third-order valence-electron chi connectivity index (χ3n) is 7.78. The van der Waals surface area contributed by atoms with Gasteiger partial charge in [-0.2, -0.15) is 9.36 Å². The predicted molar refractivity (Wildman–Crippen MR) is 162 cm³/mol. The number of rotatable bonds is 10. The number of carboxylic acids is 2. The summed E-state index contributed by atoms with van der Waals surface area (Å²) in [5.41, 5.74) is 11.1. The lowest BCUT2D eigenvalue weighted by atomic mass is 10.0. The first-order chi connectivity index (χ1) is 21.9. The quantitative estimate of drug-likeness (QED) is 0.0650. The van der Waals surface area contributed by atoms with Crippen LogP contribution in [0.1, 0.15) is 32.1 Å². The van der Waals surface area contributed by atoms with Crippen LogP contribution >= 0.6 is 23.3 Å². The normalized spacial score (nSPS) is 21.7. The minimum absolute atomic E-state index is 0.0107. The van der Waals surface area contributed by atoms with Crippen molar-refractivity contribution in [2.75, 3.05) is 30.3 Å². The molecule has 0 aromatic carbocycles. The van der Waals surface area contributed by atoms with Gasteiger partial charge in [0.2, 0.25) is 17.1 Å². The summed E-state index contributed by atoms with van der Waals surface area (Å²) in [7, 11) is 0. The highest BCUT2D eigenvalue weighted by Gasteiger charge is 2.53. The van der Waals surface area contributed by atoms with E-state index in [2.05, 4.69) is 30.1 Å². The number of nitrogen functional groups attached to an aromatic ring is 2. The molecule has 0 saturated carbocycles. The van der Waals surface area contributed by atoms with Gasteiger partial charge in [-0.3, -0.25) is 19.1 Å². The van der Waals surface area contributed by atoms with E-state index >= 15 is 0 Å². The maximum absolute atomic E-state index is 13.4. The van der Waals surface area contributed by atoms with Crippen molar-refractivity contribution in [2.45, 2.75) is 49.9 Å². The van der Waals surface area contributed by atoms with Crippen LogP contribution < -0.4 is 31.8 Å². The molecule has 6 heterocycles. The van der Waals surface area contributed by atoms with E-state index < -0.39 is 46.5 Å². The Bertz CT molecular complexity index is 1830. The van der Waals surface area contributed by atoms with E-state index in [9.17, 15) is 29.4 Å². The van der Waals surface area contributed by atoms with Gasteiger partial charge < -0.3 is 41.9 Å². The Morgan fingerprint density at radius 1 is 1.33 bits per heavy atom. The Balaban J connectivity index is 1.24. The number of fused-ring (bicyclic) bond motifs is 2. The predicted octanol–water partition coefficient (Wildman–Crippen LogP) is -2.44. The zero-order valence-electron chi connectivity index (χ0n) is 24.5. The Morgan fingerprint density at radius 3 is 2.76 bits per heavy atom. The number of nitrogens with one attached hydrogen (secondary N) is 2. The van der Waals surface area contributed by atoms with E-state index in [4.69, 9.17) is 16.3 Å². The second-order valence-electron chi connectivity index (χ2n) is 11.2. The fourth-order valence-corrected chi connectivity index (χ4v) is 7.19. The van der Waals surface area contributed by atoms with Crippen LogP contribution in [0.15, 0.2) is 34.8 Å². The van der Waals surface area contributed by atoms with Gasteiger partial charge in [-0.05, 0) is 43.9 Å². The summed E-state index contributed by atoms with van der Waals surface area (Å²) in [6.45, 7) is 4.17. The molecular formula is C26H29N11O7S2. The number of aliphatic carboxylic acids is 2. The molecule has 3 aliphatic heterocycles. The fourth-order valence-electron chi connectivity index (χ4n) is 5.42. The third-order valence-corrected chi connectivity index (χ3v) is 9.67. The number of carbonyl (C=O) groups excluding carboxylic acids is 3. The van der Waals surface area contributed by atoms with Gasteiger partial charge in [-0.25, -0.2) is 9.36 Å². The number of thioether (sulfide) groups is 1. The Kier molecular flexibility index (Phi) is 8.02. The maximum Gasteiger partial charge on any atom is 0.351 e. The molecular weight excluding hydrogens is 642 g/mol. The Morgan fingerprint density at radius 2 is 2.11 bits per heavy atom. The molecule has 0 radical (unpaired) electrons. The van der Waals surface area contributed by atoms with E-state index in [1.54, 1.807) is 10.8 Å². The van der Waals surface area contributed by atoms with E-state index in [-0.39, 0.29) is 35.0 Å². The highest BCUT2D eigenvalue weighted by molar-refractivity contribution is 8.00. The van der Waals surface area contributed by atoms with E-state index in [0.717, 1.165) is 41.5 Å². The lowest BCUT2D eigenvalue weighted by Gasteiger charge is -2.50. The molecule has 242 valence electrons. The van der Waals surface area contributed by atoms with Crippen molar-refractivity contribution in [1.29, 1.82) is 0 Å². The van der Waals surface area contributed by atoms with Crippen LogP contribution in [0.3, 0.4) is 0 Å². The summed E-state index contributed by atoms with van der Waals surface area (Å²) in [6.07, 6.45) is 2.66. The van der Waals surface area contributed by atoms with E-state index in [1.807, 2.05) is 16.7 Å². The number of carboxylic acid groups (broad SMARTS) is 2. The molecule has 0 spiro atoms. The number of hydrogen-bond donors (Lipinski definition) is 5. The lowest BCUT2D eigenvalue weighted by molar-refractivity contribution is -0.664. The number of carbonyl (C=O) groups is 4. The summed E-state index contributed by atoms with van der Waals surface area (Å²) < 4.78 is 7.69. The summed E-state index contributed by atoms with van der Waals surface area (Å²) in [5, 5.41) is 30.5. The SMILES string of the molecule is CC(C)(O/N=C(\C(=O)NC1C(=O)N2C(C(=O)[O-])=C(C[n+]3cccc4c3nc(N)n4[C@@H]3CCNC3)CSC12)c1nsc(N)n1)C(=O)O. The van der Waals surface area contributed by atoms with Gasteiger partial charge in [-0.1, -0.05) is 5.16 Å². The molecule has 18 nitrogen and oxygen atoms in total. The number of nitrogens with two attached hydrogens (primary N) is 2. The van der Waals surface area contributed by atoms with Crippen molar-refractivity contribution >= 4 is 75.0 Å². The average molecular weight is 672 g/mol. The summed E-state index contributed by atoms with van der Waals surface area (Å²) in [4.78, 5) is 65.2. The molecule has 3 atom stereocenters. The van der Waals surface area contributed by atoms with Crippen LogP contribution in [0.5, 0.6) is 0 Å². The van der Waals surface area contributed by atoms with Gasteiger partial charge >= 0.3 is 17.6 Å². The van der Waals surface area contributed by atoms with Crippen molar-refractivity contribution in [2.24, 2.45) is 5.16 Å². The van der Waals surface area contributed by atoms with Gasteiger partial charge in [0.25, 0.3) is 11.8 Å². The maximum atomic E-state index is 13.4. The van der Waals surface area contributed by atoms with Crippen LogP contribution in [0.4, 0.5) is 11.1 Å². The molecule has 2 amide bonds. The van der Waals surface area contributed by atoms with Crippen LogP contribution in [0.25, 0.3) is 11.2 Å². The first-order valence-corrected chi connectivity index (χ1v) is 15.8. The smallest absolute Gasteiger partial charge is 0.351 e. The number of nitrogens with zero attached hydrogens (tertiary/aromatic N) is 7. The first-order valence-electron chi connectivity index (χ1n) is 14.0. The van der Waals surface area contributed by atoms with Gasteiger partial charge in [0.1, 0.15) is 23.5 Å². The van der Waals surface area contributed by atoms with Gasteiger partial charge in [0.15, 0.2) is 5.13 Å². The molecule has 3 aliphatic rings. The molecule has 7 N–H and O–H groups in total. The molecule has 3 aromatic rings. The monoisotopic (exact) mass is 671 g/mol. The molecule has 2 unspecified atom stereocenters. The first kappa shape index (κ1) is 31.2.